The highest BCUT2D eigenvalue weighted by atomic mass is 16.3. The lowest BCUT2D eigenvalue weighted by Crippen LogP contribution is -2.10. The number of allylic oxidation sites excluding steroid dienone is 2. The van der Waals surface area contributed by atoms with Crippen LogP contribution in [0.25, 0.3) is 0 Å². The number of aliphatic hydroxyl groups is 1. The largest absolute Gasteiger partial charge is 0.512 e. The van der Waals surface area contributed by atoms with Crippen molar-refractivity contribution < 1.29 is 9.90 Å². The summed E-state index contributed by atoms with van der Waals surface area (Å²) >= 11 is 0. The molecule has 19 heavy (non-hydrogen) atoms. The van der Waals surface area contributed by atoms with Crippen molar-refractivity contribution in [2.45, 2.75) is 72.6 Å². The molecule has 0 aromatic heterocycles. The molecule has 0 amide bonds. The van der Waals surface area contributed by atoms with Crippen molar-refractivity contribution in [3.8, 4) is 0 Å². The van der Waals surface area contributed by atoms with Gasteiger partial charge in [-0.05, 0) is 24.2 Å². The van der Waals surface area contributed by atoms with Gasteiger partial charge in [-0.25, -0.2) is 0 Å². The van der Waals surface area contributed by atoms with E-state index in [1.165, 1.54) is 31.8 Å². The summed E-state index contributed by atoms with van der Waals surface area (Å²) in [6.45, 7) is 8.42. The Bertz CT molecular complexity index is 317. The smallest absolute Gasteiger partial charge is 0.159 e. The molecule has 0 spiro atoms. The minimum Gasteiger partial charge on any atom is -0.512 e. The molecule has 0 aromatic carbocycles. The van der Waals surface area contributed by atoms with Crippen molar-refractivity contribution in [3.63, 3.8) is 0 Å². The van der Waals surface area contributed by atoms with Crippen LogP contribution in [0.3, 0.4) is 0 Å². The van der Waals surface area contributed by atoms with Crippen molar-refractivity contribution >= 4 is 5.78 Å². The second-order valence-electron chi connectivity index (χ2n) is 7.38. The quantitative estimate of drug-likeness (QED) is 0.540. The predicted octanol–water partition coefficient (Wildman–Crippen LogP) is 5.04. The van der Waals surface area contributed by atoms with E-state index in [1.54, 1.807) is 0 Å². The van der Waals surface area contributed by atoms with E-state index >= 15 is 0 Å². The standard InChI is InChI=1S/C17H30O2/c1-13(11-14-7-5-6-8-14)16(19)12-15(18)9-10-17(2,3)4/h12-14,19H,5-11H2,1-4H3. The summed E-state index contributed by atoms with van der Waals surface area (Å²) in [5, 5.41) is 10.0. The van der Waals surface area contributed by atoms with Crippen LogP contribution >= 0.6 is 0 Å². The highest BCUT2D eigenvalue weighted by molar-refractivity contribution is 5.90. The molecule has 2 nitrogen and oxygen atoms in total. The van der Waals surface area contributed by atoms with Gasteiger partial charge in [0.15, 0.2) is 5.78 Å². The van der Waals surface area contributed by atoms with Gasteiger partial charge in [0.2, 0.25) is 0 Å². The Morgan fingerprint density at radius 2 is 1.89 bits per heavy atom. The number of carbonyl (C=O) groups excluding carboxylic acids is 1. The van der Waals surface area contributed by atoms with E-state index in [1.807, 2.05) is 6.92 Å². The number of rotatable bonds is 6. The topological polar surface area (TPSA) is 37.3 Å². The normalized spacial score (nSPS) is 19.7. The number of carbonyl (C=O) groups is 1. The van der Waals surface area contributed by atoms with Gasteiger partial charge in [0.25, 0.3) is 0 Å². The molecule has 1 fully saturated rings. The molecule has 1 unspecified atom stereocenters. The van der Waals surface area contributed by atoms with Gasteiger partial charge >= 0.3 is 0 Å². The number of hydrogen-bond donors (Lipinski definition) is 1. The van der Waals surface area contributed by atoms with Crippen LogP contribution in [0.1, 0.15) is 72.6 Å². The Kier molecular flexibility index (Phi) is 6.09. The lowest BCUT2D eigenvalue weighted by atomic mass is 9.89. The fraction of sp³-hybridized carbons (Fsp3) is 0.824. The maximum Gasteiger partial charge on any atom is 0.159 e. The predicted molar refractivity (Wildman–Crippen MR) is 80.1 cm³/mol. The minimum atomic E-state index is 0.0608. The van der Waals surface area contributed by atoms with E-state index in [0.29, 0.717) is 6.42 Å². The van der Waals surface area contributed by atoms with Gasteiger partial charge in [-0.1, -0.05) is 53.4 Å². The molecule has 0 saturated heterocycles. The molecule has 1 N–H and O–H groups in total. The van der Waals surface area contributed by atoms with E-state index in [4.69, 9.17) is 0 Å². The van der Waals surface area contributed by atoms with E-state index in [2.05, 4.69) is 20.8 Å². The van der Waals surface area contributed by atoms with Gasteiger partial charge in [0.1, 0.15) is 0 Å². The summed E-state index contributed by atoms with van der Waals surface area (Å²) in [6.07, 6.45) is 9.11. The fourth-order valence-electron chi connectivity index (χ4n) is 2.74. The van der Waals surface area contributed by atoms with E-state index < -0.39 is 0 Å². The molecule has 2 heteroatoms. The molecule has 0 radical (unpaired) electrons. The van der Waals surface area contributed by atoms with Crippen molar-refractivity contribution in [2.24, 2.45) is 17.3 Å². The van der Waals surface area contributed by atoms with Crippen molar-refractivity contribution in [2.75, 3.05) is 0 Å². The fourth-order valence-corrected chi connectivity index (χ4v) is 2.74. The number of ketones is 1. The van der Waals surface area contributed by atoms with E-state index in [9.17, 15) is 9.90 Å². The number of hydrogen-bond acceptors (Lipinski definition) is 2. The van der Waals surface area contributed by atoms with Gasteiger partial charge in [-0.3, -0.25) is 4.79 Å². The van der Waals surface area contributed by atoms with Gasteiger partial charge in [-0.15, -0.1) is 0 Å². The van der Waals surface area contributed by atoms with Crippen LogP contribution in [0, 0.1) is 17.3 Å². The van der Waals surface area contributed by atoms with Crippen LogP contribution in [0.4, 0.5) is 0 Å². The second-order valence-corrected chi connectivity index (χ2v) is 7.38. The summed E-state index contributed by atoms with van der Waals surface area (Å²) in [7, 11) is 0. The molecule has 110 valence electrons. The zero-order valence-corrected chi connectivity index (χ0v) is 13.0. The maximum atomic E-state index is 11.8. The monoisotopic (exact) mass is 266 g/mol. The first kappa shape index (κ1) is 16.3. The Hall–Kier alpha value is -0.790. The van der Waals surface area contributed by atoms with Gasteiger partial charge in [-0.2, -0.15) is 0 Å². The summed E-state index contributed by atoms with van der Waals surface area (Å²) in [4.78, 5) is 11.8. The Morgan fingerprint density at radius 3 is 2.42 bits per heavy atom. The van der Waals surface area contributed by atoms with Crippen molar-refractivity contribution in [1.29, 1.82) is 0 Å². The molecule has 1 atom stereocenters. The van der Waals surface area contributed by atoms with Crippen molar-refractivity contribution in [1.82, 2.24) is 0 Å². The molecule has 0 aliphatic heterocycles. The molecular formula is C17H30O2. The SMILES string of the molecule is CC(CC1CCCC1)C(O)=CC(=O)CCC(C)(C)C. The van der Waals surface area contributed by atoms with Crippen LogP contribution in [0.15, 0.2) is 11.8 Å². The van der Waals surface area contributed by atoms with Crippen molar-refractivity contribution in [3.05, 3.63) is 11.8 Å². The molecule has 1 rings (SSSR count). The lowest BCUT2D eigenvalue weighted by Gasteiger charge is -2.17. The first-order valence-electron chi connectivity index (χ1n) is 7.71. The first-order chi connectivity index (χ1) is 8.78. The molecule has 1 aliphatic carbocycles. The van der Waals surface area contributed by atoms with Crippen LogP contribution in [-0.4, -0.2) is 10.9 Å². The maximum absolute atomic E-state index is 11.8. The zero-order valence-electron chi connectivity index (χ0n) is 13.0. The third kappa shape index (κ3) is 6.79. The Balaban J connectivity index is 2.38. The molecule has 0 heterocycles. The van der Waals surface area contributed by atoms with Crippen LogP contribution in [0.5, 0.6) is 0 Å². The average molecular weight is 266 g/mol. The molecular weight excluding hydrogens is 236 g/mol. The molecule has 1 aliphatic rings. The van der Waals surface area contributed by atoms with Gasteiger partial charge < -0.3 is 5.11 Å². The van der Waals surface area contributed by atoms with Gasteiger partial charge in [0.05, 0.1) is 5.76 Å². The van der Waals surface area contributed by atoms with E-state index in [-0.39, 0.29) is 22.9 Å². The Morgan fingerprint density at radius 1 is 1.32 bits per heavy atom. The minimum absolute atomic E-state index is 0.0608. The zero-order chi connectivity index (χ0) is 14.5. The summed E-state index contributed by atoms with van der Waals surface area (Å²) in [5.74, 6) is 1.22. The highest BCUT2D eigenvalue weighted by Crippen LogP contribution is 2.32. The van der Waals surface area contributed by atoms with E-state index in [0.717, 1.165) is 18.8 Å². The molecule has 1 saturated carbocycles. The first-order valence-corrected chi connectivity index (χ1v) is 7.71. The molecule has 0 bridgehead atoms. The third-order valence-electron chi connectivity index (χ3n) is 4.10. The van der Waals surface area contributed by atoms with Crippen LogP contribution in [0.2, 0.25) is 0 Å². The van der Waals surface area contributed by atoms with Gasteiger partial charge in [0, 0.05) is 18.4 Å². The van der Waals surface area contributed by atoms with Crippen LogP contribution < -0.4 is 0 Å². The summed E-state index contributed by atoms with van der Waals surface area (Å²) < 4.78 is 0. The highest BCUT2D eigenvalue weighted by Gasteiger charge is 2.20. The lowest BCUT2D eigenvalue weighted by molar-refractivity contribution is -0.115. The summed E-state index contributed by atoms with van der Waals surface area (Å²) in [6, 6.07) is 0. The average Bonchev–Trinajstić information content (AvgIpc) is 2.78. The summed E-state index contributed by atoms with van der Waals surface area (Å²) in [5.41, 5.74) is 0.175. The third-order valence-corrected chi connectivity index (χ3v) is 4.10. The number of aliphatic hydroxyl groups excluding tert-OH is 1. The molecule has 0 aromatic rings. The van der Waals surface area contributed by atoms with Crippen LogP contribution in [-0.2, 0) is 4.79 Å². The Labute approximate surface area is 118 Å². The second kappa shape index (κ2) is 7.12.